The summed E-state index contributed by atoms with van der Waals surface area (Å²) in [6.07, 6.45) is 3.00. The maximum absolute atomic E-state index is 5.80. The largest absolute Gasteiger partial charge is 0.376 e. The van der Waals surface area contributed by atoms with Crippen LogP contribution in [0, 0.1) is 0 Å². The predicted molar refractivity (Wildman–Crippen MR) is 61.5 cm³/mol. The van der Waals surface area contributed by atoms with Crippen LogP contribution in [0.4, 0.5) is 5.82 Å². The topological polar surface area (TPSA) is 25.4 Å². The van der Waals surface area contributed by atoms with Crippen molar-refractivity contribution < 1.29 is 4.74 Å². The molecule has 1 saturated heterocycles. The molecule has 15 heavy (non-hydrogen) atoms. The van der Waals surface area contributed by atoms with E-state index in [-0.39, 0.29) is 6.10 Å². The summed E-state index contributed by atoms with van der Waals surface area (Å²) < 4.78 is 5.54. The monoisotopic (exact) mass is 226 g/mol. The maximum Gasteiger partial charge on any atom is 0.128 e. The van der Waals surface area contributed by atoms with Gasteiger partial charge in [-0.05, 0) is 25.5 Å². The van der Waals surface area contributed by atoms with Gasteiger partial charge in [-0.15, -0.1) is 0 Å². The van der Waals surface area contributed by atoms with E-state index in [9.17, 15) is 0 Å². The third kappa shape index (κ3) is 2.24. The average Bonchev–Trinajstić information content (AvgIpc) is 2.65. The summed E-state index contributed by atoms with van der Waals surface area (Å²) in [5, 5.41) is 0.669. The van der Waals surface area contributed by atoms with Gasteiger partial charge in [0.2, 0.25) is 0 Å². The van der Waals surface area contributed by atoms with Crippen LogP contribution in [0.3, 0.4) is 0 Å². The van der Waals surface area contributed by atoms with Crippen LogP contribution in [-0.4, -0.2) is 30.8 Å². The fourth-order valence-electron chi connectivity index (χ4n) is 1.98. The molecule has 0 radical (unpaired) electrons. The van der Waals surface area contributed by atoms with Gasteiger partial charge in [0.1, 0.15) is 5.82 Å². The van der Waals surface area contributed by atoms with Crippen molar-refractivity contribution in [1.29, 1.82) is 0 Å². The second-order valence-corrected chi connectivity index (χ2v) is 4.31. The Morgan fingerprint density at radius 3 is 2.87 bits per heavy atom. The number of halogens is 1. The Hall–Kier alpha value is -0.800. The van der Waals surface area contributed by atoms with E-state index in [1.54, 1.807) is 6.20 Å². The summed E-state index contributed by atoms with van der Waals surface area (Å²) in [4.78, 5) is 6.46. The second kappa shape index (κ2) is 4.37. The molecule has 2 atom stereocenters. The molecule has 2 rings (SSSR count). The summed E-state index contributed by atoms with van der Waals surface area (Å²) in [7, 11) is 2.05. The van der Waals surface area contributed by atoms with Crippen LogP contribution in [0.1, 0.15) is 13.3 Å². The highest BCUT2D eigenvalue weighted by Gasteiger charge is 2.28. The molecule has 0 bridgehead atoms. The maximum atomic E-state index is 5.80. The highest BCUT2D eigenvalue weighted by Crippen LogP contribution is 2.23. The van der Waals surface area contributed by atoms with Crippen LogP contribution < -0.4 is 4.90 Å². The SMILES string of the molecule is CC1OCCC1N(C)c1ccc(Cl)cn1. The summed E-state index contributed by atoms with van der Waals surface area (Å²) in [6.45, 7) is 2.94. The minimum atomic E-state index is 0.271. The molecule has 4 heteroatoms. The molecule has 1 aromatic rings. The first kappa shape index (κ1) is 10.7. The molecule has 2 unspecified atom stereocenters. The lowest BCUT2D eigenvalue weighted by Gasteiger charge is -2.27. The molecule has 2 heterocycles. The third-order valence-corrected chi connectivity index (χ3v) is 3.13. The van der Waals surface area contributed by atoms with Gasteiger partial charge in [-0.2, -0.15) is 0 Å². The van der Waals surface area contributed by atoms with Crippen LogP contribution in [-0.2, 0) is 4.74 Å². The Morgan fingerprint density at radius 1 is 1.53 bits per heavy atom. The number of rotatable bonds is 2. The van der Waals surface area contributed by atoms with E-state index in [2.05, 4.69) is 16.8 Å². The van der Waals surface area contributed by atoms with Gasteiger partial charge in [0.25, 0.3) is 0 Å². The first-order valence-electron chi connectivity index (χ1n) is 5.14. The molecule has 82 valence electrons. The van der Waals surface area contributed by atoms with Gasteiger partial charge >= 0.3 is 0 Å². The van der Waals surface area contributed by atoms with Gasteiger partial charge in [0.15, 0.2) is 0 Å². The Bertz CT molecular complexity index is 328. The van der Waals surface area contributed by atoms with E-state index in [1.165, 1.54) is 0 Å². The van der Waals surface area contributed by atoms with Crippen LogP contribution in [0.2, 0.25) is 5.02 Å². The number of nitrogens with zero attached hydrogens (tertiary/aromatic N) is 2. The van der Waals surface area contributed by atoms with Gasteiger partial charge in [0, 0.05) is 19.9 Å². The number of anilines is 1. The highest BCUT2D eigenvalue weighted by atomic mass is 35.5. The molecule has 0 N–H and O–H groups in total. The molecule has 0 spiro atoms. The Kier molecular flexibility index (Phi) is 3.12. The number of likely N-dealkylation sites (N-methyl/N-ethyl adjacent to an activating group) is 1. The minimum absolute atomic E-state index is 0.271. The lowest BCUT2D eigenvalue weighted by atomic mass is 10.1. The van der Waals surface area contributed by atoms with Gasteiger partial charge in [-0.25, -0.2) is 4.98 Å². The molecule has 0 amide bonds. The predicted octanol–water partition coefficient (Wildman–Crippen LogP) is 2.35. The lowest BCUT2D eigenvalue weighted by molar-refractivity contribution is 0.118. The quantitative estimate of drug-likeness (QED) is 0.774. The van der Waals surface area contributed by atoms with Crippen LogP contribution in [0.5, 0.6) is 0 Å². The molecule has 0 saturated carbocycles. The van der Waals surface area contributed by atoms with Crippen LogP contribution in [0.15, 0.2) is 18.3 Å². The molecule has 1 aliphatic heterocycles. The zero-order chi connectivity index (χ0) is 10.8. The van der Waals surface area contributed by atoms with Crippen molar-refractivity contribution in [1.82, 2.24) is 4.98 Å². The van der Waals surface area contributed by atoms with Crippen LogP contribution >= 0.6 is 11.6 Å². The first-order valence-corrected chi connectivity index (χ1v) is 5.52. The van der Waals surface area contributed by atoms with E-state index in [0.29, 0.717) is 11.1 Å². The Balaban J connectivity index is 2.13. The average molecular weight is 227 g/mol. The highest BCUT2D eigenvalue weighted by molar-refractivity contribution is 6.30. The second-order valence-electron chi connectivity index (χ2n) is 3.88. The summed E-state index contributed by atoms with van der Waals surface area (Å²) in [6, 6.07) is 4.22. The van der Waals surface area contributed by atoms with Gasteiger partial charge < -0.3 is 9.64 Å². The Labute approximate surface area is 95.0 Å². The van der Waals surface area contributed by atoms with Crippen molar-refractivity contribution in [3.63, 3.8) is 0 Å². The number of hydrogen-bond donors (Lipinski definition) is 0. The third-order valence-electron chi connectivity index (χ3n) is 2.91. The lowest BCUT2D eigenvalue weighted by Crippen LogP contribution is -2.37. The first-order chi connectivity index (χ1) is 7.18. The Morgan fingerprint density at radius 2 is 2.33 bits per heavy atom. The smallest absolute Gasteiger partial charge is 0.128 e. The number of aromatic nitrogens is 1. The molecule has 0 aromatic carbocycles. The van der Waals surface area contributed by atoms with E-state index < -0.39 is 0 Å². The molecule has 0 aliphatic carbocycles. The fourth-order valence-corrected chi connectivity index (χ4v) is 2.09. The standard InChI is InChI=1S/C11H15ClN2O/c1-8-10(5-6-15-8)14(2)11-4-3-9(12)7-13-11/h3-4,7-8,10H,5-6H2,1-2H3. The van der Waals surface area contributed by atoms with Gasteiger partial charge in [-0.1, -0.05) is 11.6 Å². The van der Waals surface area contributed by atoms with Crippen molar-refractivity contribution in [2.45, 2.75) is 25.5 Å². The summed E-state index contributed by atoms with van der Waals surface area (Å²) in [5.41, 5.74) is 0. The molecule has 1 aromatic heterocycles. The van der Waals surface area contributed by atoms with E-state index in [1.807, 2.05) is 19.2 Å². The fraction of sp³-hybridized carbons (Fsp3) is 0.545. The number of pyridine rings is 1. The normalized spacial score (nSPS) is 25.5. The summed E-state index contributed by atoms with van der Waals surface area (Å²) >= 11 is 5.80. The minimum Gasteiger partial charge on any atom is -0.376 e. The van der Waals surface area contributed by atoms with Crippen molar-refractivity contribution in [3.05, 3.63) is 23.4 Å². The van der Waals surface area contributed by atoms with E-state index in [4.69, 9.17) is 16.3 Å². The molecular formula is C11H15ClN2O. The zero-order valence-corrected chi connectivity index (χ0v) is 9.74. The van der Waals surface area contributed by atoms with Crippen molar-refractivity contribution in [3.8, 4) is 0 Å². The summed E-state index contributed by atoms with van der Waals surface area (Å²) in [5.74, 6) is 0.946. The van der Waals surface area contributed by atoms with Crippen molar-refractivity contribution in [2.75, 3.05) is 18.6 Å². The zero-order valence-electron chi connectivity index (χ0n) is 8.98. The van der Waals surface area contributed by atoms with Gasteiger partial charge in [0.05, 0.1) is 17.2 Å². The van der Waals surface area contributed by atoms with E-state index >= 15 is 0 Å². The van der Waals surface area contributed by atoms with Crippen molar-refractivity contribution in [2.24, 2.45) is 0 Å². The van der Waals surface area contributed by atoms with Crippen LogP contribution in [0.25, 0.3) is 0 Å². The molecular weight excluding hydrogens is 212 g/mol. The van der Waals surface area contributed by atoms with E-state index in [0.717, 1.165) is 18.8 Å². The molecule has 1 fully saturated rings. The molecule has 3 nitrogen and oxygen atoms in total. The van der Waals surface area contributed by atoms with Gasteiger partial charge in [-0.3, -0.25) is 0 Å². The number of hydrogen-bond acceptors (Lipinski definition) is 3. The molecule has 1 aliphatic rings. The number of ether oxygens (including phenoxy) is 1. The van der Waals surface area contributed by atoms with Crippen molar-refractivity contribution >= 4 is 17.4 Å².